The molecule has 18 heavy (non-hydrogen) atoms. The first-order valence-corrected chi connectivity index (χ1v) is 6.10. The third-order valence-electron chi connectivity index (χ3n) is 3.39. The van der Waals surface area contributed by atoms with Crippen molar-refractivity contribution in [3.8, 4) is 6.07 Å². The summed E-state index contributed by atoms with van der Waals surface area (Å²) < 4.78 is 7.06. The van der Waals surface area contributed by atoms with E-state index in [2.05, 4.69) is 6.07 Å². The van der Waals surface area contributed by atoms with E-state index in [4.69, 9.17) is 15.7 Å². The fraction of sp³-hybridized carbons (Fsp3) is 0.538. The maximum absolute atomic E-state index is 11.9. The van der Waals surface area contributed by atoms with Crippen molar-refractivity contribution in [3.63, 3.8) is 0 Å². The van der Waals surface area contributed by atoms with Gasteiger partial charge in [0.15, 0.2) is 0 Å². The summed E-state index contributed by atoms with van der Waals surface area (Å²) in [5.41, 5.74) is 6.61. The lowest BCUT2D eigenvalue weighted by Crippen LogP contribution is -2.17. The Morgan fingerprint density at radius 1 is 1.67 bits per heavy atom. The number of ether oxygens (including phenoxy) is 1. The van der Waals surface area contributed by atoms with Crippen molar-refractivity contribution in [2.75, 3.05) is 12.3 Å². The molecule has 0 saturated heterocycles. The summed E-state index contributed by atoms with van der Waals surface area (Å²) in [5.74, 6) is -0.363. The molecule has 0 atom stereocenters. The molecule has 1 aliphatic rings. The van der Waals surface area contributed by atoms with Gasteiger partial charge in [0, 0.05) is 24.6 Å². The Morgan fingerprint density at radius 2 is 2.39 bits per heavy atom. The zero-order valence-electron chi connectivity index (χ0n) is 10.5. The van der Waals surface area contributed by atoms with Gasteiger partial charge >= 0.3 is 5.97 Å². The second-order valence-electron chi connectivity index (χ2n) is 4.86. The van der Waals surface area contributed by atoms with Crippen molar-refractivity contribution in [2.45, 2.75) is 32.7 Å². The standard InChI is InChI=1S/C13H17N3O2/c1-2-16-8-10(15)7-11(16)12(17)18-9-13(3-4-13)5-6-14/h7-8H,2-5,9,15H2,1H3. The summed E-state index contributed by atoms with van der Waals surface area (Å²) in [7, 11) is 0. The van der Waals surface area contributed by atoms with Crippen LogP contribution in [0.25, 0.3) is 0 Å². The smallest absolute Gasteiger partial charge is 0.355 e. The minimum absolute atomic E-state index is 0.0837. The zero-order chi connectivity index (χ0) is 13.2. The van der Waals surface area contributed by atoms with Crippen LogP contribution in [0.1, 0.15) is 36.7 Å². The van der Waals surface area contributed by atoms with Crippen molar-refractivity contribution in [1.82, 2.24) is 4.57 Å². The number of hydrogen-bond donors (Lipinski definition) is 1. The van der Waals surface area contributed by atoms with Crippen molar-refractivity contribution in [3.05, 3.63) is 18.0 Å². The summed E-state index contributed by atoms with van der Waals surface area (Å²) in [5, 5.41) is 8.70. The summed E-state index contributed by atoms with van der Waals surface area (Å²) in [6, 6.07) is 3.76. The molecule has 96 valence electrons. The number of nitrogens with two attached hydrogens (primary N) is 1. The number of aryl methyl sites for hydroxylation is 1. The molecule has 0 radical (unpaired) electrons. The number of rotatable bonds is 5. The molecule has 5 nitrogen and oxygen atoms in total. The van der Waals surface area contributed by atoms with Gasteiger partial charge in [-0.15, -0.1) is 0 Å². The van der Waals surface area contributed by atoms with Gasteiger partial charge < -0.3 is 15.0 Å². The Bertz CT molecular complexity index is 495. The van der Waals surface area contributed by atoms with Crippen molar-refractivity contribution >= 4 is 11.7 Å². The van der Waals surface area contributed by atoms with E-state index in [9.17, 15) is 4.79 Å². The van der Waals surface area contributed by atoms with Crippen LogP contribution < -0.4 is 5.73 Å². The highest BCUT2D eigenvalue weighted by Gasteiger charge is 2.43. The van der Waals surface area contributed by atoms with E-state index in [0.717, 1.165) is 12.8 Å². The third-order valence-corrected chi connectivity index (χ3v) is 3.39. The lowest BCUT2D eigenvalue weighted by Gasteiger charge is -2.12. The first-order chi connectivity index (χ1) is 8.60. The summed E-state index contributed by atoms with van der Waals surface area (Å²) in [6.45, 7) is 2.94. The van der Waals surface area contributed by atoms with Crippen LogP contribution in [-0.4, -0.2) is 17.1 Å². The van der Waals surface area contributed by atoms with E-state index < -0.39 is 0 Å². The monoisotopic (exact) mass is 247 g/mol. The number of esters is 1. The zero-order valence-corrected chi connectivity index (χ0v) is 10.5. The number of hydrogen-bond acceptors (Lipinski definition) is 4. The molecule has 1 fully saturated rings. The van der Waals surface area contributed by atoms with Gasteiger partial charge in [-0.1, -0.05) is 0 Å². The Morgan fingerprint density at radius 3 is 2.94 bits per heavy atom. The number of carbonyl (C=O) groups is 1. The quantitative estimate of drug-likeness (QED) is 0.806. The SMILES string of the molecule is CCn1cc(N)cc1C(=O)OCC1(CC#N)CC1. The Labute approximate surface area is 106 Å². The van der Waals surface area contributed by atoms with Crippen LogP contribution in [-0.2, 0) is 11.3 Å². The van der Waals surface area contributed by atoms with E-state index in [1.54, 1.807) is 16.8 Å². The van der Waals surface area contributed by atoms with Crippen LogP contribution in [0.2, 0.25) is 0 Å². The van der Waals surface area contributed by atoms with Crippen LogP contribution in [0, 0.1) is 16.7 Å². The van der Waals surface area contributed by atoms with E-state index in [1.165, 1.54) is 0 Å². The van der Waals surface area contributed by atoms with Crippen LogP contribution in [0.4, 0.5) is 5.69 Å². The second-order valence-corrected chi connectivity index (χ2v) is 4.86. The van der Waals surface area contributed by atoms with Gasteiger partial charge in [-0.2, -0.15) is 5.26 Å². The Kier molecular flexibility index (Phi) is 3.28. The average Bonchev–Trinajstić information content (AvgIpc) is 3.01. The maximum atomic E-state index is 11.9. The van der Waals surface area contributed by atoms with E-state index in [0.29, 0.717) is 31.0 Å². The van der Waals surface area contributed by atoms with Crippen LogP contribution in [0.5, 0.6) is 0 Å². The molecule has 1 aromatic heterocycles. The highest BCUT2D eigenvalue weighted by molar-refractivity contribution is 5.89. The number of anilines is 1. The molecule has 1 aliphatic carbocycles. The predicted molar refractivity (Wildman–Crippen MR) is 66.7 cm³/mol. The molecule has 1 aromatic rings. The van der Waals surface area contributed by atoms with Gasteiger partial charge in [-0.25, -0.2) is 4.79 Å². The number of carbonyl (C=O) groups excluding carboxylic acids is 1. The summed E-state index contributed by atoms with van der Waals surface area (Å²) in [6.07, 6.45) is 4.10. The normalized spacial score (nSPS) is 16.0. The molecule has 2 rings (SSSR count). The van der Waals surface area contributed by atoms with Crippen LogP contribution in [0.3, 0.4) is 0 Å². The molecule has 0 aliphatic heterocycles. The van der Waals surface area contributed by atoms with Gasteiger partial charge in [0.2, 0.25) is 0 Å². The fourth-order valence-corrected chi connectivity index (χ4v) is 1.97. The highest BCUT2D eigenvalue weighted by atomic mass is 16.5. The lowest BCUT2D eigenvalue weighted by atomic mass is 10.1. The van der Waals surface area contributed by atoms with E-state index in [-0.39, 0.29) is 11.4 Å². The first-order valence-electron chi connectivity index (χ1n) is 6.10. The molecule has 0 spiro atoms. The Hall–Kier alpha value is -1.96. The maximum Gasteiger partial charge on any atom is 0.355 e. The first kappa shape index (κ1) is 12.5. The highest BCUT2D eigenvalue weighted by Crippen LogP contribution is 2.48. The molecular formula is C13H17N3O2. The predicted octanol–water partition coefficient (Wildman–Crippen LogP) is 1.94. The minimum atomic E-state index is -0.363. The van der Waals surface area contributed by atoms with Crippen LogP contribution in [0.15, 0.2) is 12.3 Å². The van der Waals surface area contributed by atoms with E-state index in [1.807, 2.05) is 6.92 Å². The van der Waals surface area contributed by atoms with Gasteiger partial charge in [0.05, 0.1) is 18.4 Å². The molecule has 2 N–H and O–H groups in total. The summed E-state index contributed by atoms with van der Waals surface area (Å²) in [4.78, 5) is 11.9. The molecule has 1 saturated carbocycles. The number of nitrogens with zero attached hydrogens (tertiary/aromatic N) is 2. The number of aromatic nitrogens is 1. The molecule has 1 heterocycles. The molecule has 0 unspecified atom stereocenters. The van der Waals surface area contributed by atoms with Gasteiger partial charge in [0.25, 0.3) is 0 Å². The van der Waals surface area contributed by atoms with Gasteiger partial charge in [0.1, 0.15) is 5.69 Å². The average molecular weight is 247 g/mol. The molecule has 0 bridgehead atoms. The van der Waals surface area contributed by atoms with Crippen molar-refractivity contribution in [1.29, 1.82) is 5.26 Å². The number of nitrogen functional groups attached to an aromatic ring is 1. The van der Waals surface area contributed by atoms with Crippen molar-refractivity contribution < 1.29 is 9.53 Å². The van der Waals surface area contributed by atoms with E-state index >= 15 is 0 Å². The van der Waals surface area contributed by atoms with Gasteiger partial charge in [-0.05, 0) is 25.8 Å². The van der Waals surface area contributed by atoms with Gasteiger partial charge in [-0.3, -0.25) is 0 Å². The molecule has 0 aromatic carbocycles. The van der Waals surface area contributed by atoms with Crippen molar-refractivity contribution in [2.24, 2.45) is 5.41 Å². The summed E-state index contributed by atoms with van der Waals surface area (Å²) >= 11 is 0. The third kappa shape index (κ3) is 2.48. The van der Waals surface area contributed by atoms with Crippen LogP contribution >= 0.6 is 0 Å². The largest absolute Gasteiger partial charge is 0.460 e. The Balaban J connectivity index is 1.98. The molecule has 5 heteroatoms. The molecule has 0 amide bonds. The fourth-order valence-electron chi connectivity index (χ4n) is 1.97. The number of nitriles is 1. The lowest BCUT2D eigenvalue weighted by molar-refractivity contribution is 0.0407. The topological polar surface area (TPSA) is 81.0 Å². The second kappa shape index (κ2) is 4.73. The molecular weight excluding hydrogens is 230 g/mol. The minimum Gasteiger partial charge on any atom is -0.460 e.